The molecule has 0 radical (unpaired) electrons. The first kappa shape index (κ1) is 28.0. The molecule has 1 N–H and O–H groups in total. The highest BCUT2D eigenvalue weighted by Gasteiger charge is 2.32. The van der Waals surface area contributed by atoms with Crippen LogP contribution in [0.1, 0.15) is 38.0 Å². The molecule has 8 nitrogen and oxygen atoms in total. The highest BCUT2D eigenvalue weighted by molar-refractivity contribution is 7.22. The number of hydrogen-bond donors (Lipinski definition) is 1. The van der Waals surface area contributed by atoms with Crippen LogP contribution in [0.5, 0.6) is 0 Å². The number of thiazole rings is 1. The zero-order chi connectivity index (χ0) is 29.8. The number of benzene rings is 3. The Morgan fingerprint density at radius 1 is 1.05 bits per heavy atom. The summed E-state index contributed by atoms with van der Waals surface area (Å²) in [5.74, 6) is -0.477. The monoisotopic (exact) mass is 597 g/mol. The second kappa shape index (κ2) is 10.6. The first-order valence-corrected chi connectivity index (χ1v) is 14.5. The van der Waals surface area contributed by atoms with E-state index in [1.807, 2.05) is 88.1 Å². The molecule has 3 aromatic heterocycles. The molecule has 0 amide bonds. The van der Waals surface area contributed by atoms with Crippen molar-refractivity contribution in [2.24, 2.45) is 7.05 Å². The molecule has 0 bridgehead atoms. The normalized spacial score (nSPS) is 12.7. The lowest BCUT2D eigenvalue weighted by molar-refractivity contribution is -0.160. The Bertz CT molecular complexity index is 1980. The number of fused-ring (bicyclic) bond motifs is 2. The fraction of sp³-hybridized carbons (Fsp3) is 0.219. The van der Waals surface area contributed by atoms with Gasteiger partial charge in [-0.15, -0.1) is 11.3 Å². The predicted molar refractivity (Wildman–Crippen MR) is 167 cm³/mol. The third-order valence-corrected chi connectivity index (χ3v) is 8.26. The van der Waals surface area contributed by atoms with E-state index < -0.39 is 17.7 Å². The summed E-state index contributed by atoms with van der Waals surface area (Å²) in [7, 11) is 1.91. The summed E-state index contributed by atoms with van der Waals surface area (Å²) >= 11 is 7.68. The zero-order valence-electron chi connectivity index (χ0n) is 23.7. The second-order valence-corrected chi connectivity index (χ2v) is 12.5. The van der Waals surface area contributed by atoms with E-state index in [1.165, 1.54) is 11.3 Å². The molecule has 1 unspecified atom stereocenters. The van der Waals surface area contributed by atoms with Crippen LogP contribution in [0.15, 0.2) is 67.0 Å². The van der Waals surface area contributed by atoms with E-state index in [0.717, 1.165) is 43.4 Å². The van der Waals surface area contributed by atoms with Gasteiger partial charge in [0.2, 0.25) is 0 Å². The van der Waals surface area contributed by atoms with Crippen molar-refractivity contribution in [3.05, 3.63) is 83.1 Å². The first-order valence-electron chi connectivity index (χ1n) is 13.3. The Hall–Kier alpha value is -4.18. The molecule has 42 heavy (non-hydrogen) atoms. The van der Waals surface area contributed by atoms with Crippen molar-refractivity contribution < 1.29 is 14.6 Å². The van der Waals surface area contributed by atoms with E-state index in [9.17, 15) is 9.90 Å². The third-order valence-electron chi connectivity index (χ3n) is 6.90. The summed E-state index contributed by atoms with van der Waals surface area (Å²) in [5, 5.41) is 16.9. The fourth-order valence-corrected chi connectivity index (χ4v) is 6.29. The number of carboxylic acids is 1. The van der Waals surface area contributed by atoms with Crippen molar-refractivity contribution in [2.75, 3.05) is 0 Å². The number of aryl methyl sites for hydroxylation is 2. The number of carbonyl (C=O) groups is 1. The van der Waals surface area contributed by atoms with Gasteiger partial charge in [-0.25, -0.2) is 19.7 Å². The number of hydrogen-bond acceptors (Lipinski definition) is 7. The van der Waals surface area contributed by atoms with Crippen LogP contribution < -0.4 is 0 Å². The summed E-state index contributed by atoms with van der Waals surface area (Å²) in [6.45, 7) is 7.44. The molecule has 0 spiro atoms. The largest absolute Gasteiger partial charge is 0.479 e. The van der Waals surface area contributed by atoms with E-state index in [0.29, 0.717) is 27.1 Å². The van der Waals surface area contributed by atoms with Crippen molar-refractivity contribution in [2.45, 2.75) is 39.4 Å². The molecule has 0 saturated carbocycles. The Kier molecular flexibility index (Phi) is 7.04. The third kappa shape index (κ3) is 5.27. The van der Waals surface area contributed by atoms with Gasteiger partial charge >= 0.3 is 5.97 Å². The molecule has 6 rings (SSSR count). The smallest absolute Gasteiger partial charge is 0.337 e. The lowest BCUT2D eigenvalue weighted by Gasteiger charge is -2.28. The van der Waals surface area contributed by atoms with Gasteiger partial charge in [-0.2, -0.15) is 5.10 Å². The van der Waals surface area contributed by atoms with Crippen LogP contribution >= 0.6 is 22.9 Å². The van der Waals surface area contributed by atoms with Gasteiger partial charge < -0.3 is 9.84 Å². The average molecular weight is 598 g/mol. The van der Waals surface area contributed by atoms with Gasteiger partial charge in [0.1, 0.15) is 10.7 Å². The van der Waals surface area contributed by atoms with Crippen molar-refractivity contribution >= 4 is 50.0 Å². The number of nitrogens with zero attached hydrogens (tertiary/aromatic N) is 5. The van der Waals surface area contributed by atoms with E-state index in [4.69, 9.17) is 26.3 Å². The van der Waals surface area contributed by atoms with Gasteiger partial charge in [0.05, 0.1) is 27.5 Å². The van der Waals surface area contributed by atoms with Crippen molar-refractivity contribution in [1.29, 1.82) is 0 Å². The molecule has 0 fully saturated rings. The number of ether oxygens (including phenoxy) is 1. The van der Waals surface area contributed by atoms with Crippen molar-refractivity contribution in [3.8, 4) is 33.2 Å². The zero-order valence-corrected chi connectivity index (χ0v) is 25.3. The molecule has 3 aromatic carbocycles. The molecular weight excluding hydrogens is 570 g/mol. The van der Waals surface area contributed by atoms with Crippen LogP contribution in [0.4, 0.5) is 0 Å². The maximum absolute atomic E-state index is 12.6. The molecule has 6 aromatic rings. The maximum atomic E-state index is 12.6. The van der Waals surface area contributed by atoms with Gasteiger partial charge in [-0.3, -0.25) is 4.68 Å². The summed E-state index contributed by atoms with van der Waals surface area (Å²) < 4.78 is 8.79. The summed E-state index contributed by atoms with van der Waals surface area (Å²) in [4.78, 5) is 27.0. The molecule has 0 aliphatic carbocycles. The summed E-state index contributed by atoms with van der Waals surface area (Å²) in [6, 6.07) is 17.2. The first-order chi connectivity index (χ1) is 20.0. The number of rotatable bonds is 6. The number of carboxylic acid groups (broad SMARTS) is 1. The minimum atomic E-state index is -1.18. The van der Waals surface area contributed by atoms with Crippen LogP contribution in [0.2, 0.25) is 5.02 Å². The Morgan fingerprint density at radius 2 is 1.79 bits per heavy atom. The van der Waals surface area contributed by atoms with Gasteiger partial charge in [0.25, 0.3) is 0 Å². The molecule has 0 aliphatic heterocycles. The van der Waals surface area contributed by atoms with E-state index in [2.05, 4.69) is 10.1 Å². The Morgan fingerprint density at radius 3 is 2.50 bits per heavy atom. The average Bonchev–Trinajstić information content (AvgIpc) is 3.54. The van der Waals surface area contributed by atoms with Crippen LogP contribution in [-0.2, 0) is 16.6 Å². The second-order valence-electron chi connectivity index (χ2n) is 11.1. The Balaban J connectivity index is 1.53. The molecule has 3 heterocycles. The van der Waals surface area contributed by atoms with Gasteiger partial charge in [-0.05, 0) is 81.3 Å². The molecule has 212 valence electrons. The standard InChI is InChI=1S/C32H28ClN5O3S/c1-17-14-23-28(26(18-6-9-21(33)10-7-18)25(17)27(31(39)40)41-32(2,3)4)42-30(37-23)22-12-13-34-29(36-22)19-8-11-24-20(15-19)16-35-38(24)5/h6-16,27H,1-5H3,(H,39,40). The van der Waals surface area contributed by atoms with Gasteiger partial charge in [0.15, 0.2) is 11.9 Å². The highest BCUT2D eigenvalue weighted by Crippen LogP contribution is 2.44. The van der Waals surface area contributed by atoms with E-state index in [1.54, 1.807) is 18.3 Å². The quantitative estimate of drug-likeness (QED) is 0.208. The maximum Gasteiger partial charge on any atom is 0.337 e. The minimum absolute atomic E-state index is 0.580. The predicted octanol–water partition coefficient (Wildman–Crippen LogP) is 7.88. The van der Waals surface area contributed by atoms with E-state index in [-0.39, 0.29) is 0 Å². The molecule has 1 atom stereocenters. The topological polar surface area (TPSA) is 103 Å². The van der Waals surface area contributed by atoms with Crippen LogP contribution in [0.25, 0.3) is 54.3 Å². The van der Waals surface area contributed by atoms with Crippen LogP contribution in [0.3, 0.4) is 0 Å². The van der Waals surface area contributed by atoms with Crippen molar-refractivity contribution in [3.63, 3.8) is 0 Å². The minimum Gasteiger partial charge on any atom is -0.479 e. The molecular formula is C32H28ClN5O3S. The fourth-order valence-electron chi connectivity index (χ4n) is 5.07. The lowest BCUT2D eigenvalue weighted by Crippen LogP contribution is -2.28. The summed E-state index contributed by atoms with van der Waals surface area (Å²) in [6.07, 6.45) is 2.37. The SMILES string of the molecule is Cc1cc2nc(-c3ccnc(-c4ccc5c(cnn5C)c4)n3)sc2c(-c2ccc(Cl)cc2)c1C(OC(C)(C)C)C(=O)O. The van der Waals surface area contributed by atoms with Crippen LogP contribution in [-0.4, -0.2) is 41.4 Å². The molecule has 0 aliphatic rings. The van der Waals surface area contributed by atoms with Gasteiger partial charge in [-0.1, -0.05) is 23.7 Å². The lowest BCUT2D eigenvalue weighted by atomic mass is 9.91. The number of halogens is 1. The number of aliphatic carboxylic acids is 1. The van der Waals surface area contributed by atoms with Crippen molar-refractivity contribution in [1.82, 2.24) is 24.7 Å². The Labute approximate surface area is 251 Å². The molecule has 0 saturated heterocycles. The number of aromatic nitrogens is 5. The molecule has 10 heteroatoms. The highest BCUT2D eigenvalue weighted by atomic mass is 35.5. The van der Waals surface area contributed by atoms with Crippen LogP contribution in [0, 0.1) is 6.92 Å². The van der Waals surface area contributed by atoms with Gasteiger partial charge in [0, 0.05) is 40.3 Å². The van der Waals surface area contributed by atoms with E-state index >= 15 is 0 Å². The summed E-state index contributed by atoms with van der Waals surface area (Å²) in [5.41, 5.74) is 5.60.